The van der Waals surface area contributed by atoms with E-state index in [-0.39, 0.29) is 17.4 Å². The summed E-state index contributed by atoms with van der Waals surface area (Å²) in [7, 11) is 0. The normalized spacial score (nSPS) is 15.7. The van der Waals surface area contributed by atoms with E-state index in [0.717, 1.165) is 25.3 Å². The molecular formula is C22H29N3O. The van der Waals surface area contributed by atoms with Gasteiger partial charge in [-0.25, -0.2) is 4.98 Å². The third-order valence-electron chi connectivity index (χ3n) is 5.19. The predicted octanol–water partition coefficient (Wildman–Crippen LogP) is 4.17. The van der Waals surface area contributed by atoms with Crippen LogP contribution in [0.2, 0.25) is 0 Å². The largest absolute Gasteiger partial charge is 0.356 e. The molecule has 2 aromatic rings. The molecular weight excluding hydrogens is 322 g/mol. The fourth-order valence-corrected chi connectivity index (χ4v) is 3.88. The number of carbonyl (C=O) groups excluding carboxylic acids is 1. The van der Waals surface area contributed by atoms with E-state index >= 15 is 0 Å². The number of rotatable bonds is 6. The van der Waals surface area contributed by atoms with E-state index < -0.39 is 0 Å². The van der Waals surface area contributed by atoms with E-state index in [1.165, 1.54) is 18.4 Å². The van der Waals surface area contributed by atoms with Crippen LogP contribution in [0.5, 0.6) is 0 Å². The van der Waals surface area contributed by atoms with Gasteiger partial charge in [0.15, 0.2) is 0 Å². The summed E-state index contributed by atoms with van der Waals surface area (Å²) in [5, 5.41) is 3.18. The van der Waals surface area contributed by atoms with E-state index in [0.29, 0.717) is 5.56 Å². The Labute approximate surface area is 156 Å². The second kappa shape index (κ2) is 7.90. The van der Waals surface area contributed by atoms with E-state index in [1.807, 2.05) is 18.2 Å². The number of benzene rings is 1. The molecule has 138 valence electrons. The van der Waals surface area contributed by atoms with Crippen LogP contribution in [0, 0.1) is 0 Å². The van der Waals surface area contributed by atoms with Gasteiger partial charge in [0.05, 0.1) is 5.56 Å². The number of nitrogens with zero attached hydrogens (tertiary/aromatic N) is 2. The molecule has 0 bridgehead atoms. The van der Waals surface area contributed by atoms with Gasteiger partial charge in [-0.3, -0.25) is 4.79 Å². The van der Waals surface area contributed by atoms with Gasteiger partial charge in [-0.15, -0.1) is 0 Å². The van der Waals surface area contributed by atoms with Gasteiger partial charge in [0.2, 0.25) is 0 Å². The lowest BCUT2D eigenvalue weighted by Crippen LogP contribution is -2.38. The Morgan fingerprint density at radius 3 is 2.54 bits per heavy atom. The van der Waals surface area contributed by atoms with Crippen molar-refractivity contribution in [3.63, 3.8) is 0 Å². The Kier molecular flexibility index (Phi) is 5.60. The van der Waals surface area contributed by atoms with Crippen LogP contribution >= 0.6 is 0 Å². The summed E-state index contributed by atoms with van der Waals surface area (Å²) in [6.07, 6.45) is 4.98. The summed E-state index contributed by atoms with van der Waals surface area (Å²) in [5.41, 5.74) is 1.97. The Hall–Kier alpha value is -2.36. The summed E-state index contributed by atoms with van der Waals surface area (Å²) in [6, 6.07) is 14.3. The molecule has 1 N–H and O–H groups in total. The summed E-state index contributed by atoms with van der Waals surface area (Å²) >= 11 is 0. The minimum atomic E-state index is -0.0311. The molecule has 0 radical (unpaired) electrons. The molecule has 1 atom stereocenters. The van der Waals surface area contributed by atoms with E-state index in [1.54, 1.807) is 6.20 Å². The van der Waals surface area contributed by atoms with Gasteiger partial charge in [0, 0.05) is 25.3 Å². The predicted molar refractivity (Wildman–Crippen MR) is 107 cm³/mol. The molecule has 3 rings (SSSR count). The first-order valence-corrected chi connectivity index (χ1v) is 9.54. The fourth-order valence-electron chi connectivity index (χ4n) is 3.88. The molecule has 1 fully saturated rings. The van der Waals surface area contributed by atoms with E-state index in [4.69, 9.17) is 0 Å². The summed E-state index contributed by atoms with van der Waals surface area (Å²) in [4.78, 5) is 19.6. The molecule has 26 heavy (non-hydrogen) atoms. The zero-order valence-corrected chi connectivity index (χ0v) is 16.0. The highest BCUT2D eigenvalue weighted by molar-refractivity contribution is 5.99. The van der Waals surface area contributed by atoms with Crippen LogP contribution in [-0.2, 0) is 5.41 Å². The van der Waals surface area contributed by atoms with Gasteiger partial charge in [0.25, 0.3) is 5.91 Å². The topological polar surface area (TPSA) is 45.2 Å². The highest BCUT2D eigenvalue weighted by Gasteiger charge is 2.26. The molecule has 1 aromatic heterocycles. The number of pyridine rings is 1. The number of hydrogen-bond acceptors (Lipinski definition) is 3. The first kappa shape index (κ1) is 18.4. The van der Waals surface area contributed by atoms with Crippen LogP contribution < -0.4 is 10.2 Å². The Morgan fingerprint density at radius 2 is 1.85 bits per heavy atom. The monoisotopic (exact) mass is 351 g/mol. The lowest BCUT2D eigenvalue weighted by atomic mass is 9.79. The number of amides is 1. The molecule has 1 unspecified atom stereocenters. The average molecular weight is 351 g/mol. The van der Waals surface area contributed by atoms with Crippen molar-refractivity contribution in [1.29, 1.82) is 0 Å². The van der Waals surface area contributed by atoms with E-state index in [2.05, 4.69) is 60.2 Å². The second-order valence-electron chi connectivity index (χ2n) is 7.90. The van der Waals surface area contributed by atoms with Crippen molar-refractivity contribution in [3.8, 4) is 0 Å². The molecule has 0 aliphatic carbocycles. The quantitative estimate of drug-likeness (QED) is 0.850. The number of hydrogen-bond donors (Lipinski definition) is 1. The molecule has 1 aliphatic heterocycles. The molecule has 1 amide bonds. The molecule has 0 spiro atoms. The van der Waals surface area contributed by atoms with Gasteiger partial charge >= 0.3 is 0 Å². The van der Waals surface area contributed by atoms with Gasteiger partial charge in [0.1, 0.15) is 5.82 Å². The smallest absolute Gasteiger partial charge is 0.255 e. The number of aromatic nitrogens is 1. The molecule has 1 aromatic carbocycles. The van der Waals surface area contributed by atoms with Crippen LogP contribution in [0.25, 0.3) is 0 Å². The Morgan fingerprint density at radius 1 is 1.15 bits per heavy atom. The van der Waals surface area contributed by atoms with Crippen molar-refractivity contribution in [2.45, 2.75) is 51.5 Å². The second-order valence-corrected chi connectivity index (χ2v) is 7.90. The van der Waals surface area contributed by atoms with Crippen LogP contribution in [0.3, 0.4) is 0 Å². The number of nitrogens with one attached hydrogen (secondary N) is 1. The Bertz CT molecular complexity index is 736. The van der Waals surface area contributed by atoms with Crippen molar-refractivity contribution < 1.29 is 4.79 Å². The summed E-state index contributed by atoms with van der Waals surface area (Å²) in [5.74, 6) is 0.786. The van der Waals surface area contributed by atoms with Crippen LogP contribution in [0.4, 0.5) is 5.82 Å². The standard InChI is InChI=1S/C22H29N3O/c1-17(16-22(2,3)18-10-5-4-6-11-18)24-21(26)19-12-9-13-23-20(19)25-14-7-8-15-25/h4-6,9-13,17H,7-8,14-16H2,1-3H3,(H,24,26). The van der Waals surface area contributed by atoms with E-state index in [9.17, 15) is 4.79 Å². The summed E-state index contributed by atoms with van der Waals surface area (Å²) < 4.78 is 0. The third-order valence-corrected chi connectivity index (χ3v) is 5.19. The molecule has 1 aliphatic rings. The zero-order chi connectivity index (χ0) is 18.6. The average Bonchev–Trinajstić information content (AvgIpc) is 3.16. The van der Waals surface area contributed by atoms with Gasteiger partial charge in [-0.05, 0) is 49.3 Å². The SMILES string of the molecule is CC(CC(C)(C)c1ccccc1)NC(=O)c1cccnc1N1CCCC1. The molecule has 2 heterocycles. The maximum atomic E-state index is 12.9. The van der Waals surface area contributed by atoms with Crippen molar-refractivity contribution >= 4 is 11.7 Å². The van der Waals surface area contributed by atoms with Gasteiger partial charge in [-0.1, -0.05) is 44.2 Å². The zero-order valence-electron chi connectivity index (χ0n) is 16.0. The van der Waals surface area contributed by atoms with Crippen LogP contribution in [-0.4, -0.2) is 30.0 Å². The third kappa shape index (κ3) is 4.24. The van der Waals surface area contributed by atoms with Crippen molar-refractivity contribution in [2.75, 3.05) is 18.0 Å². The first-order valence-electron chi connectivity index (χ1n) is 9.54. The lowest BCUT2D eigenvalue weighted by Gasteiger charge is -2.29. The van der Waals surface area contributed by atoms with Gasteiger partial charge in [-0.2, -0.15) is 0 Å². The molecule has 1 saturated heterocycles. The number of carbonyl (C=O) groups is 1. The minimum Gasteiger partial charge on any atom is -0.356 e. The van der Waals surface area contributed by atoms with Crippen molar-refractivity contribution in [1.82, 2.24) is 10.3 Å². The van der Waals surface area contributed by atoms with Crippen molar-refractivity contribution in [3.05, 3.63) is 59.8 Å². The van der Waals surface area contributed by atoms with Crippen molar-refractivity contribution in [2.24, 2.45) is 0 Å². The number of anilines is 1. The maximum absolute atomic E-state index is 12.9. The fraction of sp³-hybridized carbons (Fsp3) is 0.455. The minimum absolute atomic E-state index is 0.000672. The highest BCUT2D eigenvalue weighted by atomic mass is 16.1. The highest BCUT2D eigenvalue weighted by Crippen LogP contribution is 2.28. The van der Waals surface area contributed by atoms with Gasteiger partial charge < -0.3 is 10.2 Å². The first-order chi connectivity index (χ1) is 12.5. The maximum Gasteiger partial charge on any atom is 0.255 e. The van der Waals surface area contributed by atoms with Crippen LogP contribution in [0.15, 0.2) is 48.7 Å². The molecule has 4 heteroatoms. The summed E-state index contributed by atoms with van der Waals surface area (Å²) in [6.45, 7) is 8.49. The lowest BCUT2D eigenvalue weighted by molar-refractivity contribution is 0.0934. The molecule has 0 saturated carbocycles. The molecule has 4 nitrogen and oxygen atoms in total. The van der Waals surface area contributed by atoms with Crippen LogP contribution in [0.1, 0.15) is 56.0 Å². The Balaban J connectivity index is 1.68.